The number of hydrogen-bond acceptors (Lipinski definition) is 3. The average Bonchev–Trinajstić information content (AvgIpc) is 2.86. The first-order valence-corrected chi connectivity index (χ1v) is 7.13. The minimum atomic E-state index is -0.492. The number of amides is 1. The van der Waals surface area contributed by atoms with E-state index in [0.717, 1.165) is 16.9 Å². The normalized spacial score (nSPS) is 18.0. The van der Waals surface area contributed by atoms with Crippen LogP contribution in [-0.2, 0) is 4.74 Å². The third-order valence-electron chi connectivity index (χ3n) is 3.45. The lowest BCUT2D eigenvalue weighted by atomic mass is 10.0. The second-order valence-electron chi connectivity index (χ2n) is 6.18. The summed E-state index contributed by atoms with van der Waals surface area (Å²) in [5.41, 5.74) is 1.62. The van der Waals surface area contributed by atoms with Crippen molar-refractivity contribution in [1.82, 2.24) is 4.90 Å². The van der Waals surface area contributed by atoms with Gasteiger partial charge < -0.3 is 9.47 Å². The summed E-state index contributed by atoms with van der Waals surface area (Å²) in [6, 6.07) is 5.79. The van der Waals surface area contributed by atoms with E-state index in [1.807, 2.05) is 58.0 Å². The van der Waals surface area contributed by atoms with Gasteiger partial charge in [0.15, 0.2) is 0 Å². The highest BCUT2D eigenvalue weighted by Gasteiger charge is 2.31. The van der Waals surface area contributed by atoms with E-state index in [1.54, 1.807) is 12.0 Å². The van der Waals surface area contributed by atoms with Gasteiger partial charge >= 0.3 is 6.09 Å². The van der Waals surface area contributed by atoms with Gasteiger partial charge in [0.2, 0.25) is 0 Å². The summed E-state index contributed by atoms with van der Waals surface area (Å²) < 4.78 is 10.8. The number of carbonyl (C=O) groups is 1. The maximum Gasteiger partial charge on any atom is 0.411 e. The molecule has 4 nitrogen and oxygen atoms in total. The van der Waals surface area contributed by atoms with Gasteiger partial charge in [-0.15, -0.1) is 0 Å². The molecule has 1 aliphatic heterocycles. The topological polar surface area (TPSA) is 38.8 Å². The highest BCUT2D eigenvalue weighted by Crippen LogP contribution is 2.33. The monoisotopic (exact) mass is 289 g/mol. The van der Waals surface area contributed by atoms with Crippen LogP contribution in [0.1, 0.15) is 37.9 Å². The Hall–Kier alpha value is -1.97. The number of hydrogen-bond donors (Lipinski definition) is 0. The number of ether oxygens (including phenoxy) is 2. The van der Waals surface area contributed by atoms with Crippen LogP contribution in [-0.4, -0.2) is 30.2 Å². The number of nitrogens with zero attached hydrogens (tertiary/aromatic N) is 1. The molecule has 2 rings (SSSR count). The van der Waals surface area contributed by atoms with Crippen LogP contribution in [0, 0.1) is 6.92 Å². The SMILES string of the molecule is COc1cccc([C@H]2C=CCN2C(=O)OC(C)(C)C)c1C. The van der Waals surface area contributed by atoms with E-state index in [-0.39, 0.29) is 12.1 Å². The molecule has 1 atom stereocenters. The predicted molar refractivity (Wildman–Crippen MR) is 82.6 cm³/mol. The van der Waals surface area contributed by atoms with E-state index in [2.05, 4.69) is 0 Å². The molecule has 0 saturated carbocycles. The van der Waals surface area contributed by atoms with E-state index < -0.39 is 5.60 Å². The molecule has 0 aromatic heterocycles. The number of methoxy groups -OCH3 is 1. The first-order valence-electron chi connectivity index (χ1n) is 7.13. The number of carbonyl (C=O) groups excluding carboxylic acids is 1. The first-order chi connectivity index (χ1) is 9.83. The second-order valence-corrected chi connectivity index (χ2v) is 6.18. The van der Waals surface area contributed by atoms with E-state index in [0.29, 0.717) is 6.54 Å². The van der Waals surface area contributed by atoms with Gasteiger partial charge in [0.1, 0.15) is 11.4 Å². The molecule has 1 amide bonds. The molecule has 0 spiro atoms. The fourth-order valence-corrected chi connectivity index (χ4v) is 2.47. The summed E-state index contributed by atoms with van der Waals surface area (Å²) in [4.78, 5) is 14.1. The van der Waals surface area contributed by atoms with Crippen LogP contribution in [0.3, 0.4) is 0 Å². The number of benzene rings is 1. The molecule has 4 heteroatoms. The van der Waals surface area contributed by atoms with Crippen molar-refractivity contribution in [2.45, 2.75) is 39.3 Å². The summed E-state index contributed by atoms with van der Waals surface area (Å²) in [7, 11) is 1.65. The summed E-state index contributed by atoms with van der Waals surface area (Å²) in [6.07, 6.45) is 3.74. The van der Waals surface area contributed by atoms with Crippen LogP contribution >= 0.6 is 0 Å². The molecule has 0 saturated heterocycles. The molecule has 0 radical (unpaired) electrons. The van der Waals surface area contributed by atoms with E-state index >= 15 is 0 Å². The van der Waals surface area contributed by atoms with Crippen LogP contribution in [0.25, 0.3) is 0 Å². The summed E-state index contributed by atoms with van der Waals surface area (Å²) in [5.74, 6) is 0.830. The molecule has 0 unspecified atom stereocenters. The van der Waals surface area contributed by atoms with Crippen molar-refractivity contribution >= 4 is 6.09 Å². The van der Waals surface area contributed by atoms with Gasteiger partial charge in [0.25, 0.3) is 0 Å². The molecule has 1 aromatic rings. The minimum absolute atomic E-state index is 0.102. The van der Waals surface area contributed by atoms with Gasteiger partial charge in [-0.1, -0.05) is 24.3 Å². The second kappa shape index (κ2) is 5.80. The molecule has 0 aliphatic carbocycles. The van der Waals surface area contributed by atoms with Gasteiger partial charge in [0.05, 0.1) is 13.2 Å². The van der Waals surface area contributed by atoms with Crippen molar-refractivity contribution in [3.8, 4) is 5.75 Å². The van der Waals surface area contributed by atoms with Gasteiger partial charge in [-0.05, 0) is 44.9 Å². The Labute approximate surface area is 126 Å². The Bertz CT molecular complexity index is 558. The van der Waals surface area contributed by atoms with Crippen LogP contribution < -0.4 is 4.74 Å². The molecule has 114 valence electrons. The van der Waals surface area contributed by atoms with Gasteiger partial charge in [0, 0.05) is 6.54 Å². The lowest BCUT2D eigenvalue weighted by molar-refractivity contribution is 0.0240. The van der Waals surface area contributed by atoms with E-state index in [1.165, 1.54) is 0 Å². The van der Waals surface area contributed by atoms with Crippen LogP contribution in [0.2, 0.25) is 0 Å². The predicted octanol–water partition coefficient (Wildman–Crippen LogP) is 3.85. The average molecular weight is 289 g/mol. The molecule has 0 N–H and O–H groups in total. The number of rotatable bonds is 2. The smallest absolute Gasteiger partial charge is 0.411 e. The fraction of sp³-hybridized carbons (Fsp3) is 0.471. The van der Waals surface area contributed by atoms with Gasteiger partial charge in [-0.2, -0.15) is 0 Å². The highest BCUT2D eigenvalue weighted by molar-refractivity contribution is 5.70. The Balaban J connectivity index is 2.27. The zero-order chi connectivity index (χ0) is 15.6. The molecule has 21 heavy (non-hydrogen) atoms. The fourth-order valence-electron chi connectivity index (χ4n) is 2.47. The van der Waals surface area contributed by atoms with Crippen molar-refractivity contribution in [3.05, 3.63) is 41.5 Å². The maximum atomic E-state index is 12.3. The quantitative estimate of drug-likeness (QED) is 0.776. The first kappa shape index (κ1) is 15.4. The summed E-state index contributed by atoms with van der Waals surface area (Å²) in [6.45, 7) is 8.20. The lowest BCUT2D eigenvalue weighted by Gasteiger charge is -2.29. The molecular weight excluding hydrogens is 266 g/mol. The Morgan fingerprint density at radius 3 is 2.67 bits per heavy atom. The maximum absolute atomic E-state index is 12.3. The minimum Gasteiger partial charge on any atom is -0.496 e. The largest absolute Gasteiger partial charge is 0.496 e. The third kappa shape index (κ3) is 3.38. The van der Waals surface area contributed by atoms with Crippen molar-refractivity contribution in [2.24, 2.45) is 0 Å². The molecule has 1 aliphatic rings. The Morgan fingerprint density at radius 2 is 2.05 bits per heavy atom. The highest BCUT2D eigenvalue weighted by atomic mass is 16.6. The van der Waals surface area contributed by atoms with Crippen molar-refractivity contribution in [2.75, 3.05) is 13.7 Å². The molecule has 0 fully saturated rings. The van der Waals surface area contributed by atoms with Crippen molar-refractivity contribution in [1.29, 1.82) is 0 Å². The van der Waals surface area contributed by atoms with Gasteiger partial charge in [-0.25, -0.2) is 4.79 Å². The van der Waals surface area contributed by atoms with E-state index in [4.69, 9.17) is 9.47 Å². The summed E-state index contributed by atoms with van der Waals surface area (Å²) in [5, 5.41) is 0. The molecular formula is C17H23NO3. The van der Waals surface area contributed by atoms with Crippen molar-refractivity contribution in [3.63, 3.8) is 0 Å². The lowest BCUT2D eigenvalue weighted by Crippen LogP contribution is -2.37. The van der Waals surface area contributed by atoms with Crippen molar-refractivity contribution < 1.29 is 14.3 Å². The summed E-state index contributed by atoms with van der Waals surface area (Å²) >= 11 is 0. The van der Waals surface area contributed by atoms with E-state index in [9.17, 15) is 4.79 Å². The van der Waals surface area contributed by atoms with Crippen LogP contribution in [0.4, 0.5) is 4.79 Å². The Kier molecular flexibility index (Phi) is 4.26. The third-order valence-corrected chi connectivity index (χ3v) is 3.45. The van der Waals surface area contributed by atoms with Crippen LogP contribution in [0.5, 0.6) is 5.75 Å². The zero-order valence-electron chi connectivity index (χ0n) is 13.3. The van der Waals surface area contributed by atoms with Crippen LogP contribution in [0.15, 0.2) is 30.4 Å². The molecule has 1 aromatic carbocycles. The zero-order valence-corrected chi connectivity index (χ0v) is 13.3. The molecule has 0 bridgehead atoms. The Morgan fingerprint density at radius 1 is 1.33 bits per heavy atom. The molecule has 1 heterocycles. The van der Waals surface area contributed by atoms with Gasteiger partial charge in [-0.3, -0.25) is 4.90 Å². The standard InChI is InChI=1S/C17H23NO3/c1-12-13(8-6-10-15(12)20-5)14-9-7-11-18(14)16(19)21-17(2,3)4/h6-10,14H,11H2,1-5H3/t14-/m1/s1.